The van der Waals surface area contributed by atoms with Gasteiger partial charge in [0.25, 0.3) is 0 Å². The third kappa shape index (κ3) is 3.67. The second-order valence-corrected chi connectivity index (χ2v) is 9.83. The number of hydrogen-bond donors (Lipinski definition) is 2. The van der Waals surface area contributed by atoms with Crippen LogP contribution in [0.5, 0.6) is 11.5 Å². The van der Waals surface area contributed by atoms with Crippen LogP contribution < -0.4 is 9.64 Å². The number of phenols is 1. The number of imide groups is 1. The lowest BCUT2D eigenvalue weighted by Crippen LogP contribution is -2.55. The van der Waals surface area contributed by atoms with Gasteiger partial charge >= 0.3 is 0 Å². The third-order valence-corrected chi connectivity index (χ3v) is 7.84. The number of ether oxygens (including phenoxy) is 2. The molecule has 2 aliphatic heterocycles. The minimum absolute atomic E-state index is 0.136. The minimum Gasteiger partial charge on any atom is -0.508 e. The van der Waals surface area contributed by atoms with Gasteiger partial charge in [0, 0.05) is 11.8 Å². The summed E-state index contributed by atoms with van der Waals surface area (Å²) in [5.74, 6) is -3.71. The molecule has 7 nitrogen and oxygen atoms in total. The highest BCUT2D eigenvalue weighted by atomic mass is 16.6. The van der Waals surface area contributed by atoms with E-state index in [9.17, 15) is 19.8 Å². The molecule has 2 saturated heterocycles. The van der Waals surface area contributed by atoms with Gasteiger partial charge in [0.15, 0.2) is 5.79 Å². The Kier molecular flexibility index (Phi) is 5.54. The van der Waals surface area contributed by atoms with Crippen LogP contribution in [0.15, 0.2) is 84.9 Å². The molecular formula is C29H27NO6. The zero-order chi connectivity index (χ0) is 24.9. The Balaban J connectivity index is 1.35. The molecule has 7 heteroatoms. The van der Waals surface area contributed by atoms with E-state index >= 15 is 0 Å². The fourth-order valence-corrected chi connectivity index (χ4v) is 6.12. The number of aromatic hydroxyl groups is 1. The highest BCUT2D eigenvalue weighted by Gasteiger charge is 2.67. The summed E-state index contributed by atoms with van der Waals surface area (Å²) in [6.07, 6.45) is 0.180. The number of aliphatic hydroxyl groups is 1. The van der Waals surface area contributed by atoms with Gasteiger partial charge in [-0.05, 0) is 54.8 Å². The first-order valence-electron chi connectivity index (χ1n) is 12.3. The van der Waals surface area contributed by atoms with E-state index < -0.39 is 35.6 Å². The lowest BCUT2D eigenvalue weighted by atomic mass is 9.64. The van der Waals surface area contributed by atoms with Gasteiger partial charge in [0.1, 0.15) is 11.5 Å². The molecule has 0 bridgehead atoms. The van der Waals surface area contributed by atoms with E-state index in [2.05, 4.69) is 0 Å². The molecule has 1 saturated carbocycles. The zero-order valence-corrected chi connectivity index (χ0v) is 19.6. The topological polar surface area (TPSA) is 96.3 Å². The maximum atomic E-state index is 13.7. The third-order valence-electron chi connectivity index (χ3n) is 7.84. The molecule has 6 rings (SSSR count). The van der Waals surface area contributed by atoms with Crippen molar-refractivity contribution in [3.8, 4) is 11.5 Å². The van der Waals surface area contributed by atoms with Crippen LogP contribution in [0.1, 0.15) is 24.5 Å². The molecule has 0 spiro atoms. The zero-order valence-electron chi connectivity index (χ0n) is 19.6. The van der Waals surface area contributed by atoms with Gasteiger partial charge in [0.2, 0.25) is 11.8 Å². The number of rotatable bonds is 5. The fraction of sp³-hybridized carbons (Fsp3) is 0.310. The van der Waals surface area contributed by atoms with Crippen molar-refractivity contribution >= 4 is 17.5 Å². The van der Waals surface area contributed by atoms with Crippen LogP contribution in [0.2, 0.25) is 0 Å². The van der Waals surface area contributed by atoms with E-state index in [4.69, 9.17) is 9.47 Å². The van der Waals surface area contributed by atoms with Crippen molar-refractivity contribution in [2.45, 2.75) is 24.7 Å². The lowest BCUT2D eigenvalue weighted by molar-refractivity contribution is -0.272. The summed E-state index contributed by atoms with van der Waals surface area (Å²) in [6.45, 7) is 0.148. The highest BCUT2D eigenvalue weighted by molar-refractivity contribution is 6.22. The summed E-state index contributed by atoms with van der Waals surface area (Å²) in [6, 6.07) is 24.9. The maximum absolute atomic E-state index is 13.7. The van der Waals surface area contributed by atoms with Gasteiger partial charge in [-0.2, -0.15) is 0 Å². The molecule has 0 aromatic heterocycles. The molecule has 0 unspecified atom stereocenters. The van der Waals surface area contributed by atoms with Crippen molar-refractivity contribution in [2.24, 2.45) is 23.7 Å². The predicted molar refractivity (Wildman–Crippen MR) is 131 cm³/mol. The molecule has 2 amide bonds. The van der Waals surface area contributed by atoms with Gasteiger partial charge in [0.05, 0.1) is 30.2 Å². The second-order valence-electron chi connectivity index (χ2n) is 9.83. The van der Waals surface area contributed by atoms with E-state index in [-0.39, 0.29) is 30.6 Å². The van der Waals surface area contributed by atoms with Crippen LogP contribution in [0.25, 0.3) is 0 Å². The number of carbonyl (C=O) groups is 2. The van der Waals surface area contributed by atoms with Crippen molar-refractivity contribution < 1.29 is 29.3 Å². The molecule has 0 radical (unpaired) electrons. The smallest absolute Gasteiger partial charge is 0.238 e. The average Bonchev–Trinajstić information content (AvgIpc) is 3.38. The summed E-state index contributed by atoms with van der Waals surface area (Å²) >= 11 is 0. The number of amides is 2. The van der Waals surface area contributed by atoms with Crippen molar-refractivity contribution in [1.29, 1.82) is 0 Å². The summed E-state index contributed by atoms with van der Waals surface area (Å²) in [5.41, 5.74) is 1.34. The largest absolute Gasteiger partial charge is 0.508 e. The standard InChI is InChI=1S/C29H27NO6/c31-21-13-11-18(12-14-21)25-16-24-26-23(27(32)30(28(26)33)20-7-3-1-4-8-20)15-19(29(24,34)36-25)17-35-22-9-5-2-6-10-22/h1-14,19,23-26,31,34H,15-17H2/t19-,23+,24+,25+,26+,29-/m1/s1. The van der Waals surface area contributed by atoms with Crippen molar-refractivity contribution in [3.63, 3.8) is 0 Å². The first-order chi connectivity index (χ1) is 17.5. The quantitative estimate of drug-likeness (QED) is 0.529. The van der Waals surface area contributed by atoms with Gasteiger partial charge in [-0.15, -0.1) is 0 Å². The van der Waals surface area contributed by atoms with Crippen LogP contribution >= 0.6 is 0 Å². The normalized spacial score (nSPS) is 31.2. The van der Waals surface area contributed by atoms with E-state index in [0.29, 0.717) is 17.9 Å². The molecule has 3 aliphatic rings. The molecule has 6 atom stereocenters. The number of carbonyl (C=O) groups excluding carboxylic acids is 2. The summed E-state index contributed by atoms with van der Waals surface area (Å²) in [5, 5.41) is 21.7. The minimum atomic E-state index is -1.64. The monoisotopic (exact) mass is 485 g/mol. The summed E-state index contributed by atoms with van der Waals surface area (Å²) in [7, 11) is 0. The molecule has 3 aromatic rings. The Bertz CT molecular complexity index is 1260. The van der Waals surface area contributed by atoms with Crippen LogP contribution in [-0.4, -0.2) is 34.4 Å². The van der Waals surface area contributed by atoms with Crippen molar-refractivity contribution in [2.75, 3.05) is 11.5 Å². The van der Waals surface area contributed by atoms with E-state index in [0.717, 1.165) is 5.56 Å². The van der Waals surface area contributed by atoms with Crippen molar-refractivity contribution in [3.05, 3.63) is 90.5 Å². The Hall–Kier alpha value is -3.68. The number of phenolic OH excluding ortho intramolecular Hbond substituents is 1. The number of benzene rings is 3. The Morgan fingerprint density at radius 2 is 1.56 bits per heavy atom. The number of fused-ring (bicyclic) bond motifs is 3. The van der Waals surface area contributed by atoms with Gasteiger partial charge in [-0.1, -0.05) is 48.5 Å². The Morgan fingerprint density at radius 3 is 2.25 bits per heavy atom. The van der Waals surface area contributed by atoms with Gasteiger partial charge in [-0.25, -0.2) is 0 Å². The van der Waals surface area contributed by atoms with Gasteiger partial charge in [-0.3, -0.25) is 14.5 Å². The lowest BCUT2D eigenvalue weighted by Gasteiger charge is -2.44. The first-order valence-corrected chi connectivity index (χ1v) is 12.3. The average molecular weight is 486 g/mol. The number of anilines is 1. The van der Waals surface area contributed by atoms with Gasteiger partial charge < -0.3 is 19.7 Å². The second kappa shape index (κ2) is 8.76. The van der Waals surface area contributed by atoms with Crippen LogP contribution in [-0.2, 0) is 14.3 Å². The Morgan fingerprint density at radius 1 is 0.889 bits per heavy atom. The molecule has 1 aliphatic carbocycles. The molecule has 36 heavy (non-hydrogen) atoms. The highest BCUT2D eigenvalue weighted by Crippen LogP contribution is 2.58. The molecule has 3 aromatic carbocycles. The van der Waals surface area contributed by atoms with E-state index in [1.54, 1.807) is 48.5 Å². The van der Waals surface area contributed by atoms with E-state index in [1.807, 2.05) is 36.4 Å². The first kappa shape index (κ1) is 22.8. The molecule has 3 fully saturated rings. The Labute approximate surface area is 208 Å². The number of nitrogens with zero attached hydrogens (tertiary/aromatic N) is 1. The maximum Gasteiger partial charge on any atom is 0.238 e. The SMILES string of the molecule is O=C1[C@H]2[C@H](C[C@H](COc3ccccc3)[C@@]3(O)O[C@H](c4ccc(O)cc4)C[C@@H]23)C(=O)N1c1ccccc1. The molecule has 2 heterocycles. The molecule has 184 valence electrons. The van der Waals surface area contributed by atoms with Crippen LogP contribution in [0, 0.1) is 23.7 Å². The predicted octanol–water partition coefficient (Wildman–Crippen LogP) is 4.06. The van der Waals surface area contributed by atoms with Crippen LogP contribution in [0.3, 0.4) is 0 Å². The number of para-hydroxylation sites is 2. The van der Waals surface area contributed by atoms with E-state index in [1.165, 1.54) is 4.90 Å². The number of hydrogen-bond acceptors (Lipinski definition) is 6. The summed E-state index contributed by atoms with van der Waals surface area (Å²) < 4.78 is 12.3. The molecular weight excluding hydrogens is 458 g/mol. The van der Waals surface area contributed by atoms with Crippen LogP contribution in [0.4, 0.5) is 5.69 Å². The summed E-state index contributed by atoms with van der Waals surface area (Å²) in [4.78, 5) is 28.5. The van der Waals surface area contributed by atoms with Crippen molar-refractivity contribution in [1.82, 2.24) is 0 Å². The molecule has 2 N–H and O–H groups in total. The fourth-order valence-electron chi connectivity index (χ4n) is 6.12.